The zero-order valence-electron chi connectivity index (χ0n) is 12.6. The van der Waals surface area contributed by atoms with Crippen molar-refractivity contribution in [1.29, 1.82) is 0 Å². The van der Waals surface area contributed by atoms with Gasteiger partial charge in [-0.1, -0.05) is 24.3 Å². The largest absolute Gasteiger partial charge is 0.495 e. The molecular formula is C17H17NO5. The summed E-state index contributed by atoms with van der Waals surface area (Å²) in [6, 6.07) is 13.2. The minimum Gasteiger partial charge on any atom is -0.495 e. The Balaban J connectivity index is 1.89. The first-order valence-electron chi connectivity index (χ1n) is 6.94. The highest BCUT2D eigenvalue weighted by molar-refractivity contribution is 5.96. The van der Waals surface area contributed by atoms with Gasteiger partial charge in [-0.25, -0.2) is 4.79 Å². The normalized spacial score (nSPS) is 10.0. The van der Waals surface area contributed by atoms with Crippen LogP contribution in [-0.4, -0.2) is 30.7 Å². The molecule has 0 atom stereocenters. The van der Waals surface area contributed by atoms with Crippen molar-refractivity contribution in [3.63, 3.8) is 0 Å². The van der Waals surface area contributed by atoms with E-state index in [9.17, 15) is 9.59 Å². The van der Waals surface area contributed by atoms with Crippen molar-refractivity contribution in [3.05, 3.63) is 59.7 Å². The Morgan fingerprint density at radius 2 is 1.78 bits per heavy atom. The molecule has 0 unspecified atom stereocenters. The number of rotatable bonds is 6. The number of benzene rings is 2. The highest BCUT2D eigenvalue weighted by Crippen LogP contribution is 2.22. The van der Waals surface area contributed by atoms with E-state index < -0.39 is 18.5 Å². The van der Waals surface area contributed by atoms with Crippen LogP contribution in [0.1, 0.15) is 15.9 Å². The summed E-state index contributed by atoms with van der Waals surface area (Å²) in [5.74, 6) is -0.550. The van der Waals surface area contributed by atoms with Gasteiger partial charge in [-0.05, 0) is 29.8 Å². The van der Waals surface area contributed by atoms with E-state index >= 15 is 0 Å². The van der Waals surface area contributed by atoms with E-state index in [1.165, 1.54) is 19.2 Å². The number of carbonyl (C=O) groups excluding carboxylic acids is 2. The molecule has 2 aromatic rings. The molecule has 0 aliphatic rings. The molecule has 0 aliphatic carbocycles. The molecule has 6 nitrogen and oxygen atoms in total. The van der Waals surface area contributed by atoms with Crippen molar-refractivity contribution in [2.75, 3.05) is 19.0 Å². The smallest absolute Gasteiger partial charge is 0.338 e. The molecule has 2 aromatic carbocycles. The predicted octanol–water partition coefficient (Wildman–Crippen LogP) is 1.98. The summed E-state index contributed by atoms with van der Waals surface area (Å²) in [6.07, 6.45) is 0. The lowest BCUT2D eigenvalue weighted by atomic mass is 10.1. The highest BCUT2D eigenvalue weighted by Gasteiger charge is 2.11. The van der Waals surface area contributed by atoms with Gasteiger partial charge in [0.05, 0.1) is 25.0 Å². The molecule has 2 rings (SSSR count). The summed E-state index contributed by atoms with van der Waals surface area (Å²) < 4.78 is 10.1. The number of aliphatic hydroxyl groups excluding tert-OH is 1. The van der Waals surface area contributed by atoms with Crippen LogP contribution in [0.3, 0.4) is 0 Å². The molecule has 0 fully saturated rings. The Morgan fingerprint density at radius 3 is 2.43 bits per heavy atom. The first-order valence-corrected chi connectivity index (χ1v) is 6.94. The summed E-state index contributed by atoms with van der Waals surface area (Å²) in [5.41, 5.74) is 1.51. The number of methoxy groups -OCH3 is 1. The number of esters is 1. The third kappa shape index (κ3) is 4.55. The van der Waals surface area contributed by atoms with Gasteiger partial charge in [-0.15, -0.1) is 0 Å². The molecule has 0 aromatic heterocycles. The third-order valence-corrected chi connectivity index (χ3v) is 3.09. The molecule has 2 N–H and O–H groups in total. The van der Waals surface area contributed by atoms with Crippen LogP contribution in [0.2, 0.25) is 0 Å². The molecule has 0 spiro atoms. The van der Waals surface area contributed by atoms with E-state index in [4.69, 9.17) is 14.6 Å². The van der Waals surface area contributed by atoms with E-state index in [1.807, 2.05) is 0 Å². The van der Waals surface area contributed by atoms with Crippen molar-refractivity contribution >= 4 is 17.6 Å². The average molecular weight is 315 g/mol. The van der Waals surface area contributed by atoms with Crippen LogP contribution < -0.4 is 10.1 Å². The van der Waals surface area contributed by atoms with E-state index in [2.05, 4.69) is 5.32 Å². The molecule has 0 bridgehead atoms. The molecule has 0 heterocycles. The molecule has 1 amide bonds. The second kappa shape index (κ2) is 7.95. The fourth-order valence-electron chi connectivity index (χ4n) is 1.89. The number of aliphatic hydroxyl groups is 1. The number of para-hydroxylation sites is 2. The van der Waals surface area contributed by atoms with E-state index in [0.29, 0.717) is 22.6 Å². The standard InChI is InChI=1S/C17H17NO5/c1-22-15-5-3-2-4-14(15)18-16(20)11-23-17(21)13-8-6-12(10-19)7-9-13/h2-9,19H,10-11H2,1H3,(H,18,20). The molecule has 0 saturated carbocycles. The van der Waals surface area contributed by atoms with Gasteiger partial charge in [0.2, 0.25) is 0 Å². The fraction of sp³-hybridized carbons (Fsp3) is 0.176. The number of hydrogen-bond acceptors (Lipinski definition) is 5. The van der Waals surface area contributed by atoms with Crippen molar-refractivity contribution in [2.24, 2.45) is 0 Å². The number of nitrogens with one attached hydrogen (secondary N) is 1. The highest BCUT2D eigenvalue weighted by atomic mass is 16.5. The predicted molar refractivity (Wildman–Crippen MR) is 84.3 cm³/mol. The average Bonchev–Trinajstić information content (AvgIpc) is 2.60. The van der Waals surface area contributed by atoms with E-state index in [-0.39, 0.29) is 6.61 Å². The topological polar surface area (TPSA) is 84.9 Å². The van der Waals surface area contributed by atoms with Crippen LogP contribution in [0, 0.1) is 0 Å². The monoisotopic (exact) mass is 315 g/mol. The van der Waals surface area contributed by atoms with Crippen molar-refractivity contribution in [1.82, 2.24) is 0 Å². The number of carbonyl (C=O) groups is 2. The molecular weight excluding hydrogens is 298 g/mol. The van der Waals surface area contributed by atoms with Gasteiger partial charge in [0.25, 0.3) is 5.91 Å². The van der Waals surface area contributed by atoms with Gasteiger partial charge >= 0.3 is 5.97 Å². The Hall–Kier alpha value is -2.86. The SMILES string of the molecule is COc1ccccc1NC(=O)COC(=O)c1ccc(CO)cc1. The third-order valence-electron chi connectivity index (χ3n) is 3.09. The lowest BCUT2D eigenvalue weighted by Crippen LogP contribution is -2.21. The Labute approximate surface area is 133 Å². The minimum atomic E-state index is -0.607. The van der Waals surface area contributed by atoms with Crippen molar-refractivity contribution in [2.45, 2.75) is 6.61 Å². The summed E-state index contributed by atoms with van der Waals surface area (Å²) in [7, 11) is 1.50. The zero-order valence-corrected chi connectivity index (χ0v) is 12.6. The fourth-order valence-corrected chi connectivity index (χ4v) is 1.89. The maximum atomic E-state index is 11.8. The molecule has 0 saturated heterocycles. The second-order valence-corrected chi connectivity index (χ2v) is 4.68. The maximum Gasteiger partial charge on any atom is 0.338 e. The lowest BCUT2D eigenvalue weighted by Gasteiger charge is -2.10. The van der Waals surface area contributed by atoms with Crippen LogP contribution in [0.5, 0.6) is 5.75 Å². The van der Waals surface area contributed by atoms with Gasteiger partial charge < -0.3 is 19.9 Å². The number of ether oxygens (including phenoxy) is 2. The molecule has 6 heteroatoms. The number of anilines is 1. The second-order valence-electron chi connectivity index (χ2n) is 4.68. The molecule has 0 radical (unpaired) electrons. The van der Waals surface area contributed by atoms with Gasteiger partial charge in [0.15, 0.2) is 6.61 Å². The lowest BCUT2D eigenvalue weighted by molar-refractivity contribution is -0.119. The minimum absolute atomic E-state index is 0.101. The molecule has 23 heavy (non-hydrogen) atoms. The number of amides is 1. The van der Waals surface area contributed by atoms with Gasteiger partial charge in [0.1, 0.15) is 5.75 Å². The van der Waals surface area contributed by atoms with Crippen LogP contribution in [-0.2, 0) is 16.1 Å². The van der Waals surface area contributed by atoms with Crippen LogP contribution >= 0.6 is 0 Å². The number of hydrogen-bond donors (Lipinski definition) is 2. The summed E-state index contributed by atoms with van der Waals surface area (Å²) in [4.78, 5) is 23.7. The van der Waals surface area contributed by atoms with Gasteiger partial charge in [0, 0.05) is 0 Å². The van der Waals surface area contributed by atoms with Crippen LogP contribution in [0.25, 0.3) is 0 Å². The Bertz CT molecular complexity index is 682. The first kappa shape index (κ1) is 16.5. The maximum absolute atomic E-state index is 11.8. The molecule has 0 aliphatic heterocycles. The first-order chi connectivity index (χ1) is 11.1. The quantitative estimate of drug-likeness (QED) is 0.796. The zero-order chi connectivity index (χ0) is 16.7. The van der Waals surface area contributed by atoms with Crippen LogP contribution in [0.15, 0.2) is 48.5 Å². The van der Waals surface area contributed by atoms with E-state index in [1.54, 1.807) is 36.4 Å². The Kier molecular flexibility index (Phi) is 5.71. The van der Waals surface area contributed by atoms with Gasteiger partial charge in [-0.2, -0.15) is 0 Å². The molecule has 120 valence electrons. The van der Waals surface area contributed by atoms with Crippen molar-refractivity contribution < 1.29 is 24.2 Å². The van der Waals surface area contributed by atoms with Crippen LogP contribution in [0.4, 0.5) is 5.69 Å². The summed E-state index contributed by atoms with van der Waals surface area (Å²) >= 11 is 0. The van der Waals surface area contributed by atoms with Crippen molar-refractivity contribution in [3.8, 4) is 5.75 Å². The summed E-state index contributed by atoms with van der Waals surface area (Å²) in [6.45, 7) is -0.505. The van der Waals surface area contributed by atoms with Gasteiger partial charge in [-0.3, -0.25) is 4.79 Å². The Morgan fingerprint density at radius 1 is 1.09 bits per heavy atom. The van der Waals surface area contributed by atoms with E-state index in [0.717, 1.165) is 0 Å². The summed E-state index contributed by atoms with van der Waals surface area (Å²) in [5, 5.41) is 11.6.